The number of nitrogens with two attached hydrogens (primary N) is 1. The summed E-state index contributed by atoms with van der Waals surface area (Å²) in [5.74, 6) is 0.767. The maximum atomic E-state index is 11.8. The molecule has 1 amide bonds. The molecule has 1 aliphatic carbocycles. The Kier molecular flexibility index (Phi) is 5.02. The normalized spacial score (nSPS) is 15.1. The average molecular weight is 317 g/mol. The van der Waals surface area contributed by atoms with Gasteiger partial charge in [-0.05, 0) is 25.0 Å². The van der Waals surface area contributed by atoms with E-state index >= 15 is 0 Å². The molecule has 1 aliphatic rings. The summed E-state index contributed by atoms with van der Waals surface area (Å²) < 4.78 is 1.99. The van der Waals surface area contributed by atoms with Gasteiger partial charge in [-0.3, -0.25) is 4.79 Å². The van der Waals surface area contributed by atoms with Crippen molar-refractivity contribution in [1.29, 1.82) is 0 Å². The van der Waals surface area contributed by atoms with Crippen LogP contribution in [0.5, 0.6) is 0 Å². The summed E-state index contributed by atoms with van der Waals surface area (Å²) in [6.07, 6.45) is 1.56. The van der Waals surface area contributed by atoms with Gasteiger partial charge in [0.05, 0.1) is 23.1 Å². The lowest BCUT2D eigenvalue weighted by Crippen LogP contribution is -2.42. The van der Waals surface area contributed by atoms with E-state index in [0.29, 0.717) is 6.54 Å². The van der Waals surface area contributed by atoms with Crippen molar-refractivity contribution in [3.63, 3.8) is 0 Å². The van der Waals surface area contributed by atoms with Crippen LogP contribution < -0.4 is 11.1 Å². The number of aromatic nitrogens is 2. The molecule has 3 N–H and O–H groups in total. The summed E-state index contributed by atoms with van der Waals surface area (Å²) in [4.78, 5) is 16.2. The van der Waals surface area contributed by atoms with E-state index < -0.39 is 5.54 Å². The third kappa shape index (κ3) is 2.90. The molecule has 2 aromatic rings. The number of imidazole rings is 1. The molecular formula is C13H18Cl2N4O. The highest BCUT2D eigenvalue weighted by Gasteiger charge is 2.45. The molecule has 0 radical (unpaired) electrons. The number of carbonyl (C=O) groups is 1. The van der Waals surface area contributed by atoms with Crippen LogP contribution in [0.25, 0.3) is 11.0 Å². The van der Waals surface area contributed by atoms with Crippen molar-refractivity contribution in [3.05, 3.63) is 30.1 Å². The van der Waals surface area contributed by atoms with Crippen molar-refractivity contribution in [1.82, 2.24) is 14.9 Å². The molecule has 110 valence electrons. The van der Waals surface area contributed by atoms with Crippen molar-refractivity contribution in [2.75, 3.05) is 0 Å². The molecule has 7 heteroatoms. The second-order valence-electron chi connectivity index (χ2n) is 4.91. The van der Waals surface area contributed by atoms with Gasteiger partial charge in [0, 0.05) is 7.05 Å². The highest BCUT2D eigenvalue weighted by molar-refractivity contribution is 5.89. The molecule has 0 atom stereocenters. The molecular weight excluding hydrogens is 299 g/mol. The molecule has 0 unspecified atom stereocenters. The Bertz CT molecular complexity index is 622. The Morgan fingerprint density at radius 3 is 2.65 bits per heavy atom. The highest BCUT2D eigenvalue weighted by atomic mass is 35.5. The maximum Gasteiger partial charge on any atom is 0.240 e. The van der Waals surface area contributed by atoms with E-state index in [9.17, 15) is 4.79 Å². The molecule has 1 fully saturated rings. The van der Waals surface area contributed by atoms with Crippen LogP contribution in [0.3, 0.4) is 0 Å². The first-order chi connectivity index (χ1) is 8.60. The van der Waals surface area contributed by atoms with Crippen LogP contribution in [-0.4, -0.2) is 21.0 Å². The SMILES string of the molecule is Cl.Cl.Cn1c(CNC(=O)C2(N)CC2)nc2ccccc21. The summed E-state index contributed by atoms with van der Waals surface area (Å²) >= 11 is 0. The van der Waals surface area contributed by atoms with Gasteiger partial charge < -0.3 is 15.6 Å². The van der Waals surface area contributed by atoms with Gasteiger partial charge in [0.15, 0.2) is 0 Å². The van der Waals surface area contributed by atoms with Gasteiger partial charge in [-0.15, -0.1) is 24.8 Å². The van der Waals surface area contributed by atoms with Crippen LogP contribution >= 0.6 is 24.8 Å². The van der Waals surface area contributed by atoms with Crippen molar-refractivity contribution in [2.24, 2.45) is 12.8 Å². The van der Waals surface area contributed by atoms with E-state index in [1.165, 1.54) is 0 Å². The lowest BCUT2D eigenvalue weighted by molar-refractivity contribution is -0.123. The van der Waals surface area contributed by atoms with Crippen molar-refractivity contribution in [3.8, 4) is 0 Å². The topological polar surface area (TPSA) is 72.9 Å². The zero-order chi connectivity index (χ0) is 12.8. The summed E-state index contributed by atoms with van der Waals surface area (Å²) in [6.45, 7) is 0.420. The van der Waals surface area contributed by atoms with E-state index in [-0.39, 0.29) is 30.7 Å². The number of nitrogens with zero attached hydrogens (tertiary/aromatic N) is 2. The van der Waals surface area contributed by atoms with Gasteiger partial charge in [0.1, 0.15) is 5.82 Å². The Labute approximate surface area is 129 Å². The average Bonchev–Trinajstić information content (AvgIpc) is 3.05. The van der Waals surface area contributed by atoms with Crippen LogP contribution in [0, 0.1) is 0 Å². The van der Waals surface area contributed by atoms with Gasteiger partial charge in [0.25, 0.3) is 0 Å². The number of benzene rings is 1. The molecule has 0 saturated heterocycles. The second kappa shape index (κ2) is 5.99. The van der Waals surface area contributed by atoms with Gasteiger partial charge in [-0.25, -0.2) is 4.98 Å². The molecule has 1 saturated carbocycles. The fourth-order valence-corrected chi connectivity index (χ4v) is 2.05. The largest absolute Gasteiger partial charge is 0.347 e. The predicted octanol–water partition coefficient (Wildman–Crippen LogP) is 1.52. The number of fused-ring (bicyclic) bond motifs is 1. The van der Waals surface area contributed by atoms with Crippen molar-refractivity contribution < 1.29 is 4.79 Å². The maximum absolute atomic E-state index is 11.8. The predicted molar refractivity (Wildman–Crippen MR) is 83.2 cm³/mol. The van der Waals surface area contributed by atoms with Crippen LogP contribution in [0.15, 0.2) is 24.3 Å². The number of hydrogen-bond donors (Lipinski definition) is 2. The monoisotopic (exact) mass is 316 g/mol. The van der Waals surface area contributed by atoms with Crippen LogP contribution in [0.2, 0.25) is 0 Å². The summed E-state index contributed by atoms with van der Waals surface area (Å²) in [5, 5.41) is 2.86. The number of hydrogen-bond acceptors (Lipinski definition) is 3. The Morgan fingerprint density at radius 2 is 2.05 bits per heavy atom. The van der Waals surface area contributed by atoms with Crippen LogP contribution in [0.1, 0.15) is 18.7 Å². The van der Waals surface area contributed by atoms with Gasteiger partial charge in [-0.1, -0.05) is 12.1 Å². The van der Waals surface area contributed by atoms with E-state index in [2.05, 4.69) is 10.3 Å². The van der Waals surface area contributed by atoms with Crippen molar-refractivity contribution >= 4 is 41.8 Å². The van der Waals surface area contributed by atoms with Gasteiger partial charge in [0.2, 0.25) is 5.91 Å². The molecule has 3 rings (SSSR count). The molecule has 1 aromatic heterocycles. The van der Waals surface area contributed by atoms with E-state index in [1.807, 2.05) is 35.9 Å². The lowest BCUT2D eigenvalue weighted by Gasteiger charge is -2.09. The molecule has 1 heterocycles. The van der Waals surface area contributed by atoms with E-state index in [0.717, 1.165) is 29.7 Å². The fourth-order valence-electron chi connectivity index (χ4n) is 2.05. The zero-order valence-electron chi connectivity index (χ0n) is 11.1. The highest BCUT2D eigenvalue weighted by Crippen LogP contribution is 2.32. The molecule has 5 nitrogen and oxygen atoms in total. The second-order valence-corrected chi connectivity index (χ2v) is 4.91. The molecule has 0 aliphatic heterocycles. The van der Waals surface area contributed by atoms with E-state index in [4.69, 9.17) is 5.73 Å². The number of para-hydroxylation sites is 2. The molecule has 0 spiro atoms. The number of amides is 1. The number of aryl methyl sites for hydroxylation is 1. The lowest BCUT2D eigenvalue weighted by atomic mass is 10.3. The Morgan fingerprint density at radius 1 is 1.40 bits per heavy atom. The summed E-state index contributed by atoms with van der Waals surface area (Å²) in [5.41, 5.74) is 7.22. The van der Waals surface area contributed by atoms with Crippen LogP contribution in [0.4, 0.5) is 0 Å². The first-order valence-corrected chi connectivity index (χ1v) is 6.08. The third-order valence-electron chi connectivity index (χ3n) is 3.53. The minimum absolute atomic E-state index is 0. The Hall–Kier alpha value is -1.30. The zero-order valence-corrected chi connectivity index (χ0v) is 12.8. The first-order valence-electron chi connectivity index (χ1n) is 6.08. The molecule has 20 heavy (non-hydrogen) atoms. The minimum atomic E-state index is -0.620. The van der Waals surface area contributed by atoms with Gasteiger partial charge >= 0.3 is 0 Å². The Balaban J connectivity index is 0.000001000. The smallest absolute Gasteiger partial charge is 0.240 e. The standard InChI is InChI=1S/C13H16N4O.2ClH/c1-17-10-5-3-2-4-9(10)16-11(17)8-15-12(18)13(14)6-7-13;;/h2-5H,6-8,14H2,1H3,(H,15,18);2*1H. The number of halogens is 2. The number of nitrogens with one attached hydrogen (secondary N) is 1. The quantitative estimate of drug-likeness (QED) is 0.901. The fraction of sp³-hybridized carbons (Fsp3) is 0.385. The number of rotatable bonds is 3. The minimum Gasteiger partial charge on any atom is -0.347 e. The molecule has 0 bridgehead atoms. The summed E-state index contributed by atoms with van der Waals surface area (Å²) in [7, 11) is 1.95. The van der Waals surface area contributed by atoms with Crippen molar-refractivity contribution in [2.45, 2.75) is 24.9 Å². The summed E-state index contributed by atoms with van der Waals surface area (Å²) in [6, 6.07) is 7.91. The van der Waals surface area contributed by atoms with E-state index in [1.54, 1.807) is 0 Å². The van der Waals surface area contributed by atoms with Crippen LogP contribution in [-0.2, 0) is 18.4 Å². The first kappa shape index (κ1) is 16.8. The third-order valence-corrected chi connectivity index (χ3v) is 3.53. The van der Waals surface area contributed by atoms with Gasteiger partial charge in [-0.2, -0.15) is 0 Å². The number of carbonyl (C=O) groups excluding carboxylic acids is 1. The molecule has 1 aromatic carbocycles.